The first kappa shape index (κ1) is 17.9. The molecule has 3 N–H and O–H groups in total. The zero-order chi connectivity index (χ0) is 20.0. The van der Waals surface area contributed by atoms with E-state index in [2.05, 4.69) is 16.8 Å². The number of rotatable bonds is 4. The number of aromatic amines is 1. The molecule has 142 valence electrons. The standard InChI is InChI=1S/C22H21N3O3/c1-4-8-25-21(14-6-5-7-15(26)11-14)18-19(23-24-20(18)22(25)28)17-13(3)9-12(2)10-16(17)27/h4-7,9-11,21,26-27H,1,8H2,2-3H3,(H,23,24). The number of hydrogen-bond acceptors (Lipinski definition) is 4. The van der Waals surface area contributed by atoms with Crippen LogP contribution < -0.4 is 0 Å². The maximum Gasteiger partial charge on any atom is 0.273 e. The zero-order valence-corrected chi connectivity index (χ0v) is 15.7. The topological polar surface area (TPSA) is 89.5 Å². The van der Waals surface area contributed by atoms with Gasteiger partial charge in [-0.15, -0.1) is 6.58 Å². The Morgan fingerprint density at radius 3 is 2.71 bits per heavy atom. The van der Waals surface area contributed by atoms with E-state index in [9.17, 15) is 15.0 Å². The molecule has 2 heterocycles. The van der Waals surface area contributed by atoms with Crippen LogP contribution in [0.3, 0.4) is 0 Å². The number of benzene rings is 2. The molecule has 1 aliphatic rings. The first-order chi connectivity index (χ1) is 13.4. The Labute approximate surface area is 162 Å². The van der Waals surface area contributed by atoms with Gasteiger partial charge in [0.25, 0.3) is 5.91 Å². The van der Waals surface area contributed by atoms with E-state index in [4.69, 9.17) is 0 Å². The van der Waals surface area contributed by atoms with Crippen molar-refractivity contribution in [1.82, 2.24) is 15.1 Å². The van der Waals surface area contributed by atoms with E-state index in [1.165, 1.54) is 0 Å². The molecule has 1 aromatic heterocycles. The summed E-state index contributed by atoms with van der Waals surface area (Å²) in [5.41, 5.74) is 4.81. The number of hydrogen-bond donors (Lipinski definition) is 3. The smallest absolute Gasteiger partial charge is 0.273 e. The molecule has 0 bridgehead atoms. The van der Waals surface area contributed by atoms with Crippen molar-refractivity contribution in [1.29, 1.82) is 0 Å². The summed E-state index contributed by atoms with van der Waals surface area (Å²) in [4.78, 5) is 14.7. The summed E-state index contributed by atoms with van der Waals surface area (Å²) < 4.78 is 0. The van der Waals surface area contributed by atoms with E-state index >= 15 is 0 Å². The lowest BCUT2D eigenvalue weighted by atomic mass is 9.93. The van der Waals surface area contributed by atoms with Gasteiger partial charge in [-0.2, -0.15) is 5.10 Å². The molecule has 1 unspecified atom stereocenters. The van der Waals surface area contributed by atoms with Crippen molar-refractivity contribution in [2.45, 2.75) is 19.9 Å². The summed E-state index contributed by atoms with van der Waals surface area (Å²) >= 11 is 0. The molecule has 0 saturated carbocycles. The van der Waals surface area contributed by atoms with E-state index in [1.54, 1.807) is 35.2 Å². The van der Waals surface area contributed by atoms with Gasteiger partial charge in [0.15, 0.2) is 0 Å². The van der Waals surface area contributed by atoms with Crippen LogP contribution in [-0.4, -0.2) is 37.8 Å². The number of carbonyl (C=O) groups excluding carboxylic acids is 1. The molecule has 6 heteroatoms. The molecular weight excluding hydrogens is 354 g/mol. The summed E-state index contributed by atoms with van der Waals surface area (Å²) in [5, 5.41) is 27.8. The number of nitrogens with one attached hydrogen (secondary N) is 1. The maximum atomic E-state index is 13.0. The molecular formula is C22H21N3O3. The first-order valence-electron chi connectivity index (χ1n) is 9.02. The molecule has 2 aromatic carbocycles. The van der Waals surface area contributed by atoms with Gasteiger partial charge in [0.05, 0.1) is 6.04 Å². The second kappa shape index (κ2) is 6.56. The van der Waals surface area contributed by atoms with Crippen molar-refractivity contribution >= 4 is 5.91 Å². The Balaban J connectivity index is 1.97. The van der Waals surface area contributed by atoms with Crippen LogP contribution in [0.1, 0.15) is 38.8 Å². The van der Waals surface area contributed by atoms with Crippen molar-refractivity contribution in [3.05, 3.63) is 77.0 Å². The summed E-state index contributed by atoms with van der Waals surface area (Å²) in [5.74, 6) is 0.0543. The Morgan fingerprint density at radius 2 is 2.04 bits per heavy atom. The minimum Gasteiger partial charge on any atom is -0.508 e. The molecule has 0 spiro atoms. The molecule has 6 nitrogen and oxygen atoms in total. The van der Waals surface area contributed by atoms with Crippen LogP contribution in [0.25, 0.3) is 11.3 Å². The molecule has 0 aliphatic carbocycles. The number of carbonyl (C=O) groups is 1. The normalized spacial score (nSPS) is 15.7. The van der Waals surface area contributed by atoms with Gasteiger partial charge in [-0.1, -0.05) is 24.3 Å². The Bertz CT molecular complexity index is 1080. The van der Waals surface area contributed by atoms with Gasteiger partial charge >= 0.3 is 0 Å². The lowest BCUT2D eigenvalue weighted by molar-refractivity contribution is 0.0764. The number of amides is 1. The largest absolute Gasteiger partial charge is 0.508 e. The fourth-order valence-electron chi connectivity index (χ4n) is 4.01. The average molecular weight is 375 g/mol. The number of nitrogens with zero attached hydrogens (tertiary/aromatic N) is 2. The van der Waals surface area contributed by atoms with Crippen LogP contribution in [0.15, 0.2) is 49.1 Å². The van der Waals surface area contributed by atoms with Gasteiger partial charge in [0, 0.05) is 17.7 Å². The van der Waals surface area contributed by atoms with Crippen molar-refractivity contribution in [3.8, 4) is 22.8 Å². The number of phenolic OH excluding ortho intramolecular Hbond substituents is 2. The number of aromatic nitrogens is 2. The number of fused-ring (bicyclic) bond motifs is 1. The van der Waals surface area contributed by atoms with Gasteiger partial charge in [-0.3, -0.25) is 9.89 Å². The van der Waals surface area contributed by atoms with Crippen molar-refractivity contribution in [2.75, 3.05) is 6.54 Å². The molecule has 0 radical (unpaired) electrons. The van der Waals surface area contributed by atoms with E-state index in [0.717, 1.165) is 16.7 Å². The zero-order valence-electron chi connectivity index (χ0n) is 15.7. The molecule has 1 atom stereocenters. The third kappa shape index (κ3) is 2.65. The van der Waals surface area contributed by atoms with E-state index in [0.29, 0.717) is 29.1 Å². The highest BCUT2D eigenvalue weighted by atomic mass is 16.3. The van der Waals surface area contributed by atoms with Crippen LogP contribution in [0, 0.1) is 13.8 Å². The highest BCUT2D eigenvalue weighted by Crippen LogP contribution is 2.45. The molecule has 0 saturated heterocycles. The van der Waals surface area contributed by atoms with Gasteiger partial charge < -0.3 is 15.1 Å². The second-order valence-electron chi connectivity index (χ2n) is 7.08. The highest BCUT2D eigenvalue weighted by Gasteiger charge is 2.42. The van der Waals surface area contributed by atoms with Gasteiger partial charge in [0.1, 0.15) is 22.9 Å². The van der Waals surface area contributed by atoms with Crippen LogP contribution >= 0.6 is 0 Å². The average Bonchev–Trinajstić information content (AvgIpc) is 3.15. The second-order valence-corrected chi connectivity index (χ2v) is 7.08. The summed E-state index contributed by atoms with van der Waals surface area (Å²) in [6.07, 6.45) is 1.67. The minimum atomic E-state index is -0.443. The molecule has 4 rings (SSSR count). The Hall–Kier alpha value is -3.54. The number of aryl methyl sites for hydroxylation is 2. The Kier molecular flexibility index (Phi) is 4.19. The molecule has 1 aliphatic heterocycles. The number of phenols is 2. The SMILES string of the molecule is C=CCN1C(=O)c2[nH]nc(-c3c(C)cc(C)cc3O)c2C1c1cccc(O)c1. The fourth-order valence-corrected chi connectivity index (χ4v) is 4.01. The highest BCUT2D eigenvalue weighted by molar-refractivity contribution is 6.00. The van der Waals surface area contributed by atoms with Crippen molar-refractivity contribution < 1.29 is 15.0 Å². The fraction of sp³-hybridized carbons (Fsp3) is 0.182. The lowest BCUT2D eigenvalue weighted by Crippen LogP contribution is -2.29. The first-order valence-corrected chi connectivity index (χ1v) is 9.02. The molecule has 0 fully saturated rings. The summed E-state index contributed by atoms with van der Waals surface area (Å²) in [6.45, 7) is 7.93. The summed E-state index contributed by atoms with van der Waals surface area (Å²) in [6, 6.07) is 10.0. The van der Waals surface area contributed by atoms with Crippen LogP contribution in [-0.2, 0) is 0 Å². The monoisotopic (exact) mass is 375 g/mol. The quantitative estimate of drug-likeness (QED) is 0.605. The van der Waals surface area contributed by atoms with Crippen molar-refractivity contribution in [2.24, 2.45) is 0 Å². The lowest BCUT2D eigenvalue weighted by Gasteiger charge is -2.25. The predicted octanol–water partition coefficient (Wildman–Crippen LogP) is 3.84. The van der Waals surface area contributed by atoms with Gasteiger partial charge in [-0.05, 0) is 48.7 Å². The van der Waals surface area contributed by atoms with Crippen LogP contribution in [0.4, 0.5) is 0 Å². The van der Waals surface area contributed by atoms with E-state index < -0.39 is 6.04 Å². The van der Waals surface area contributed by atoms with Crippen LogP contribution in [0.2, 0.25) is 0 Å². The van der Waals surface area contributed by atoms with Crippen LogP contribution in [0.5, 0.6) is 11.5 Å². The molecule has 1 amide bonds. The third-order valence-electron chi connectivity index (χ3n) is 5.07. The molecule has 3 aromatic rings. The Morgan fingerprint density at radius 1 is 1.25 bits per heavy atom. The molecule has 28 heavy (non-hydrogen) atoms. The third-order valence-corrected chi connectivity index (χ3v) is 5.07. The van der Waals surface area contributed by atoms with E-state index in [1.807, 2.05) is 26.0 Å². The summed E-state index contributed by atoms with van der Waals surface area (Å²) in [7, 11) is 0. The van der Waals surface area contributed by atoms with Crippen molar-refractivity contribution in [3.63, 3.8) is 0 Å². The maximum absolute atomic E-state index is 13.0. The number of H-pyrrole nitrogens is 1. The van der Waals surface area contributed by atoms with Gasteiger partial charge in [0.2, 0.25) is 0 Å². The number of aromatic hydroxyl groups is 2. The van der Waals surface area contributed by atoms with Gasteiger partial charge in [-0.25, -0.2) is 0 Å². The predicted molar refractivity (Wildman–Crippen MR) is 106 cm³/mol. The minimum absolute atomic E-state index is 0.121. The van der Waals surface area contributed by atoms with E-state index in [-0.39, 0.29) is 17.4 Å².